The van der Waals surface area contributed by atoms with Crippen LogP contribution in [0.5, 0.6) is 0 Å². The van der Waals surface area contributed by atoms with Crippen LogP contribution in [0, 0.1) is 6.92 Å². The highest BCUT2D eigenvalue weighted by atomic mass is 15.2. The van der Waals surface area contributed by atoms with E-state index in [1.165, 1.54) is 30.8 Å². The van der Waals surface area contributed by atoms with Gasteiger partial charge in [0.2, 0.25) is 0 Å². The third kappa shape index (κ3) is 4.41. The molecule has 1 aromatic carbocycles. The Labute approximate surface area is 111 Å². The number of rotatable bonds is 5. The summed E-state index contributed by atoms with van der Waals surface area (Å²) in [6.07, 6.45) is 0. The summed E-state index contributed by atoms with van der Waals surface area (Å²) in [4.78, 5) is 4.96. The van der Waals surface area contributed by atoms with Crippen LogP contribution in [-0.4, -0.2) is 56.1 Å². The summed E-state index contributed by atoms with van der Waals surface area (Å²) >= 11 is 0. The third-order valence-electron chi connectivity index (χ3n) is 3.54. The number of piperazine rings is 1. The molecule has 0 saturated carbocycles. The monoisotopic (exact) mass is 247 g/mol. The number of likely N-dealkylation sites (N-methyl/N-ethyl adjacent to an activating group) is 1. The van der Waals surface area contributed by atoms with Crippen molar-refractivity contribution in [1.82, 2.24) is 15.1 Å². The molecule has 0 aliphatic carbocycles. The largest absolute Gasteiger partial charge is 0.314 e. The minimum Gasteiger partial charge on any atom is -0.314 e. The standard InChI is InChI=1S/C15H25N3/c1-14-4-3-5-15(12-14)13-17(2)10-11-18-8-6-16-7-9-18/h3-5,12,16H,6-11,13H2,1-2H3. The summed E-state index contributed by atoms with van der Waals surface area (Å²) in [7, 11) is 2.21. The van der Waals surface area contributed by atoms with Crippen LogP contribution < -0.4 is 5.32 Å². The molecule has 0 radical (unpaired) electrons. The van der Waals surface area contributed by atoms with Crippen molar-refractivity contribution in [3.8, 4) is 0 Å². The predicted octanol–water partition coefficient (Wildman–Crippen LogP) is 1.33. The second kappa shape index (κ2) is 6.88. The van der Waals surface area contributed by atoms with Crippen LogP contribution in [0.3, 0.4) is 0 Å². The minimum atomic E-state index is 1.05. The molecule has 3 nitrogen and oxygen atoms in total. The number of hydrogen-bond donors (Lipinski definition) is 1. The van der Waals surface area contributed by atoms with E-state index in [9.17, 15) is 0 Å². The van der Waals surface area contributed by atoms with Crippen molar-refractivity contribution in [3.05, 3.63) is 35.4 Å². The Balaban J connectivity index is 1.72. The van der Waals surface area contributed by atoms with Crippen molar-refractivity contribution >= 4 is 0 Å². The van der Waals surface area contributed by atoms with E-state index < -0.39 is 0 Å². The van der Waals surface area contributed by atoms with Crippen molar-refractivity contribution in [2.45, 2.75) is 13.5 Å². The molecular weight excluding hydrogens is 222 g/mol. The first-order chi connectivity index (χ1) is 8.74. The fourth-order valence-corrected chi connectivity index (χ4v) is 2.45. The zero-order valence-corrected chi connectivity index (χ0v) is 11.7. The highest BCUT2D eigenvalue weighted by Crippen LogP contribution is 2.06. The van der Waals surface area contributed by atoms with Gasteiger partial charge in [-0.3, -0.25) is 4.90 Å². The Morgan fingerprint density at radius 3 is 2.78 bits per heavy atom. The fourth-order valence-electron chi connectivity index (χ4n) is 2.45. The summed E-state index contributed by atoms with van der Waals surface area (Å²) in [6.45, 7) is 10.2. The fraction of sp³-hybridized carbons (Fsp3) is 0.600. The molecule has 1 fully saturated rings. The van der Waals surface area contributed by atoms with E-state index in [0.717, 1.165) is 26.2 Å². The lowest BCUT2D eigenvalue weighted by atomic mass is 10.1. The van der Waals surface area contributed by atoms with Crippen LogP contribution in [-0.2, 0) is 6.54 Å². The zero-order valence-electron chi connectivity index (χ0n) is 11.7. The lowest BCUT2D eigenvalue weighted by Gasteiger charge is -2.29. The Bertz CT molecular complexity index is 359. The first-order valence-corrected chi connectivity index (χ1v) is 6.91. The van der Waals surface area contributed by atoms with Crippen molar-refractivity contribution in [2.24, 2.45) is 0 Å². The van der Waals surface area contributed by atoms with Gasteiger partial charge in [0.25, 0.3) is 0 Å². The van der Waals surface area contributed by atoms with Gasteiger partial charge in [-0.2, -0.15) is 0 Å². The second-order valence-corrected chi connectivity index (χ2v) is 5.32. The predicted molar refractivity (Wildman–Crippen MR) is 76.8 cm³/mol. The van der Waals surface area contributed by atoms with Crippen molar-refractivity contribution < 1.29 is 0 Å². The number of nitrogens with zero attached hydrogens (tertiary/aromatic N) is 2. The molecule has 2 rings (SSSR count). The number of nitrogens with one attached hydrogen (secondary N) is 1. The summed E-state index contributed by atoms with van der Waals surface area (Å²) in [5.74, 6) is 0. The molecule has 0 unspecified atom stereocenters. The first-order valence-electron chi connectivity index (χ1n) is 6.91. The van der Waals surface area contributed by atoms with Gasteiger partial charge in [-0.15, -0.1) is 0 Å². The van der Waals surface area contributed by atoms with Gasteiger partial charge in [0.05, 0.1) is 0 Å². The number of hydrogen-bond acceptors (Lipinski definition) is 3. The lowest BCUT2D eigenvalue weighted by Crippen LogP contribution is -2.45. The molecule has 1 aromatic rings. The van der Waals surface area contributed by atoms with Crippen LogP contribution in [0.4, 0.5) is 0 Å². The van der Waals surface area contributed by atoms with E-state index in [1.807, 2.05) is 0 Å². The van der Waals surface area contributed by atoms with Crippen LogP contribution in [0.2, 0.25) is 0 Å². The maximum absolute atomic E-state index is 3.39. The van der Waals surface area contributed by atoms with Gasteiger partial charge in [0.1, 0.15) is 0 Å². The average molecular weight is 247 g/mol. The molecule has 1 heterocycles. The third-order valence-corrected chi connectivity index (χ3v) is 3.54. The molecule has 1 aliphatic rings. The van der Waals surface area contributed by atoms with Gasteiger partial charge in [-0.05, 0) is 19.5 Å². The Hall–Kier alpha value is -0.900. The molecule has 0 spiro atoms. The van der Waals surface area contributed by atoms with E-state index in [0.29, 0.717) is 0 Å². The van der Waals surface area contributed by atoms with Crippen molar-refractivity contribution in [1.29, 1.82) is 0 Å². The minimum absolute atomic E-state index is 1.05. The van der Waals surface area contributed by atoms with Crippen LogP contribution in [0.1, 0.15) is 11.1 Å². The SMILES string of the molecule is Cc1cccc(CN(C)CCN2CCNCC2)c1. The summed E-state index contributed by atoms with van der Waals surface area (Å²) in [6, 6.07) is 8.80. The summed E-state index contributed by atoms with van der Waals surface area (Å²) in [5, 5.41) is 3.39. The maximum atomic E-state index is 3.39. The van der Waals surface area contributed by atoms with Gasteiger partial charge >= 0.3 is 0 Å². The molecule has 1 aliphatic heterocycles. The molecule has 0 bridgehead atoms. The second-order valence-electron chi connectivity index (χ2n) is 5.32. The van der Waals surface area contributed by atoms with Crippen LogP contribution >= 0.6 is 0 Å². The molecule has 3 heteroatoms. The van der Waals surface area contributed by atoms with Crippen LogP contribution in [0.25, 0.3) is 0 Å². The Kier molecular flexibility index (Phi) is 5.17. The molecule has 0 atom stereocenters. The molecule has 0 amide bonds. The van der Waals surface area contributed by atoms with Gasteiger partial charge in [-0.25, -0.2) is 0 Å². The molecular formula is C15H25N3. The van der Waals surface area contributed by atoms with Crippen molar-refractivity contribution in [3.63, 3.8) is 0 Å². The van der Waals surface area contributed by atoms with E-state index in [2.05, 4.69) is 53.4 Å². The highest BCUT2D eigenvalue weighted by Gasteiger charge is 2.10. The Morgan fingerprint density at radius 1 is 1.28 bits per heavy atom. The molecule has 1 saturated heterocycles. The average Bonchev–Trinajstić information content (AvgIpc) is 2.38. The summed E-state index contributed by atoms with van der Waals surface area (Å²) < 4.78 is 0. The van der Waals surface area contributed by atoms with Gasteiger partial charge in [0.15, 0.2) is 0 Å². The van der Waals surface area contributed by atoms with Crippen molar-refractivity contribution in [2.75, 3.05) is 46.3 Å². The van der Waals surface area contributed by atoms with E-state index in [4.69, 9.17) is 0 Å². The van der Waals surface area contributed by atoms with Crippen LogP contribution in [0.15, 0.2) is 24.3 Å². The normalized spacial score (nSPS) is 17.3. The van der Waals surface area contributed by atoms with Gasteiger partial charge in [0, 0.05) is 45.8 Å². The lowest BCUT2D eigenvalue weighted by molar-refractivity contribution is 0.202. The van der Waals surface area contributed by atoms with E-state index in [1.54, 1.807) is 0 Å². The first kappa shape index (κ1) is 13.5. The molecule has 1 N–H and O–H groups in total. The topological polar surface area (TPSA) is 18.5 Å². The quantitative estimate of drug-likeness (QED) is 0.847. The van der Waals surface area contributed by atoms with Gasteiger partial charge in [-0.1, -0.05) is 29.8 Å². The van der Waals surface area contributed by atoms with E-state index >= 15 is 0 Å². The smallest absolute Gasteiger partial charge is 0.0231 e. The summed E-state index contributed by atoms with van der Waals surface area (Å²) in [5.41, 5.74) is 2.76. The van der Waals surface area contributed by atoms with E-state index in [-0.39, 0.29) is 0 Å². The zero-order chi connectivity index (χ0) is 12.8. The Morgan fingerprint density at radius 2 is 2.06 bits per heavy atom. The molecule has 18 heavy (non-hydrogen) atoms. The maximum Gasteiger partial charge on any atom is 0.0231 e. The molecule has 100 valence electrons. The number of aryl methyl sites for hydroxylation is 1. The highest BCUT2D eigenvalue weighted by molar-refractivity contribution is 5.21. The number of benzene rings is 1. The molecule has 0 aromatic heterocycles. The van der Waals surface area contributed by atoms with Gasteiger partial charge < -0.3 is 10.2 Å².